The zero-order chi connectivity index (χ0) is 19.3. The van der Waals surface area contributed by atoms with Crippen LogP contribution in [0.5, 0.6) is 0 Å². The molecule has 1 aromatic carbocycles. The van der Waals surface area contributed by atoms with Gasteiger partial charge in [-0.3, -0.25) is 14.5 Å². The first-order valence-electron chi connectivity index (χ1n) is 10.1. The molecule has 0 atom stereocenters. The predicted molar refractivity (Wildman–Crippen MR) is 111 cm³/mol. The molecule has 2 aromatic heterocycles. The lowest BCUT2D eigenvalue weighted by atomic mass is 9.95. The third-order valence-electron chi connectivity index (χ3n) is 5.38. The molecule has 28 heavy (non-hydrogen) atoms. The summed E-state index contributed by atoms with van der Waals surface area (Å²) in [5, 5.41) is 7.76. The molecule has 0 bridgehead atoms. The first-order valence-corrected chi connectivity index (χ1v) is 10.1. The van der Waals surface area contributed by atoms with Gasteiger partial charge in [0.2, 0.25) is 0 Å². The Bertz CT molecular complexity index is 962. The summed E-state index contributed by atoms with van der Waals surface area (Å²) in [5.74, 6) is -0.0521. The highest BCUT2D eigenvalue weighted by molar-refractivity contribution is 6.04. The molecule has 0 radical (unpaired) electrons. The van der Waals surface area contributed by atoms with Gasteiger partial charge in [-0.1, -0.05) is 12.1 Å². The van der Waals surface area contributed by atoms with Gasteiger partial charge in [0.05, 0.1) is 5.69 Å². The standard InChI is InChI=1S/C23H26N4O/c1-2-27-22(20-8-3-4-9-21(20)26-27)23(28)25-19-7-5-6-18(16-19)11-10-17-12-14-24-15-13-17/h5-7,12-16H,2-4,8-11H2,1H3,(H,25,28). The maximum atomic E-state index is 13.0. The van der Waals surface area contributed by atoms with E-state index in [1.807, 2.05) is 48.3 Å². The maximum Gasteiger partial charge on any atom is 0.274 e. The summed E-state index contributed by atoms with van der Waals surface area (Å²) in [6.07, 6.45) is 9.75. The molecule has 0 fully saturated rings. The van der Waals surface area contributed by atoms with Crippen LogP contribution in [0, 0.1) is 0 Å². The molecule has 3 aromatic rings. The van der Waals surface area contributed by atoms with Crippen molar-refractivity contribution < 1.29 is 4.79 Å². The van der Waals surface area contributed by atoms with Gasteiger partial charge in [-0.25, -0.2) is 0 Å². The molecule has 0 unspecified atom stereocenters. The molecule has 1 aliphatic carbocycles. The van der Waals surface area contributed by atoms with E-state index in [1.54, 1.807) is 0 Å². The summed E-state index contributed by atoms with van der Waals surface area (Å²) in [6.45, 7) is 2.75. The number of fused-ring (bicyclic) bond motifs is 1. The van der Waals surface area contributed by atoms with E-state index in [-0.39, 0.29) is 5.91 Å². The maximum absolute atomic E-state index is 13.0. The van der Waals surface area contributed by atoms with Crippen LogP contribution < -0.4 is 5.32 Å². The van der Waals surface area contributed by atoms with Crippen LogP contribution in [0.2, 0.25) is 0 Å². The first-order chi connectivity index (χ1) is 13.7. The van der Waals surface area contributed by atoms with Crippen molar-refractivity contribution in [1.82, 2.24) is 14.8 Å². The number of hydrogen-bond acceptors (Lipinski definition) is 3. The molecular weight excluding hydrogens is 348 g/mol. The Hall–Kier alpha value is -2.95. The number of hydrogen-bond donors (Lipinski definition) is 1. The molecule has 5 nitrogen and oxygen atoms in total. The molecule has 144 valence electrons. The topological polar surface area (TPSA) is 59.8 Å². The Morgan fingerprint density at radius 2 is 1.86 bits per heavy atom. The molecule has 1 N–H and O–H groups in total. The minimum atomic E-state index is -0.0521. The van der Waals surface area contributed by atoms with Gasteiger partial charge in [0, 0.05) is 30.2 Å². The number of aromatic nitrogens is 3. The van der Waals surface area contributed by atoms with Gasteiger partial charge in [-0.15, -0.1) is 0 Å². The molecule has 0 saturated carbocycles. The number of anilines is 1. The van der Waals surface area contributed by atoms with Gasteiger partial charge in [0.15, 0.2) is 0 Å². The molecule has 5 heteroatoms. The Kier molecular flexibility index (Phi) is 5.51. The highest BCUT2D eigenvalue weighted by atomic mass is 16.2. The average Bonchev–Trinajstić information content (AvgIpc) is 3.12. The number of carbonyl (C=O) groups excluding carboxylic acids is 1. The zero-order valence-electron chi connectivity index (χ0n) is 16.3. The Labute approximate surface area is 165 Å². The van der Waals surface area contributed by atoms with Crippen molar-refractivity contribution in [3.05, 3.63) is 76.9 Å². The molecule has 0 aliphatic heterocycles. The number of pyridine rings is 1. The summed E-state index contributed by atoms with van der Waals surface area (Å²) in [6, 6.07) is 12.2. The number of carbonyl (C=O) groups is 1. The van der Waals surface area contributed by atoms with E-state index < -0.39 is 0 Å². The Balaban J connectivity index is 1.49. The fraction of sp³-hybridized carbons (Fsp3) is 0.348. The van der Waals surface area contributed by atoms with E-state index in [0.717, 1.165) is 61.2 Å². The normalized spacial score (nSPS) is 13.2. The molecule has 1 aliphatic rings. The lowest BCUT2D eigenvalue weighted by Crippen LogP contribution is -2.19. The molecule has 4 rings (SSSR count). The number of rotatable bonds is 6. The predicted octanol–water partition coefficient (Wildman–Crippen LogP) is 4.21. The SMILES string of the molecule is CCn1nc2c(c1C(=O)Nc1cccc(CCc3ccncc3)c1)CCCC2. The van der Waals surface area contributed by atoms with E-state index >= 15 is 0 Å². The molecule has 0 spiro atoms. The average molecular weight is 374 g/mol. The van der Waals surface area contributed by atoms with Gasteiger partial charge in [-0.05, 0) is 80.8 Å². The fourth-order valence-corrected chi connectivity index (χ4v) is 3.92. The van der Waals surface area contributed by atoms with E-state index in [0.29, 0.717) is 6.54 Å². The Morgan fingerprint density at radius 1 is 1.07 bits per heavy atom. The van der Waals surface area contributed by atoms with Crippen LogP contribution in [0.3, 0.4) is 0 Å². The van der Waals surface area contributed by atoms with Gasteiger partial charge in [-0.2, -0.15) is 5.10 Å². The molecule has 2 heterocycles. The summed E-state index contributed by atoms with van der Waals surface area (Å²) >= 11 is 0. The van der Waals surface area contributed by atoms with Gasteiger partial charge < -0.3 is 5.32 Å². The van der Waals surface area contributed by atoms with Crippen LogP contribution in [0.15, 0.2) is 48.8 Å². The number of amides is 1. The van der Waals surface area contributed by atoms with Gasteiger partial charge in [0.25, 0.3) is 5.91 Å². The second kappa shape index (κ2) is 8.38. The fourth-order valence-electron chi connectivity index (χ4n) is 3.92. The van der Waals surface area contributed by atoms with E-state index in [9.17, 15) is 4.79 Å². The summed E-state index contributed by atoms with van der Waals surface area (Å²) in [5.41, 5.74) is 6.29. The van der Waals surface area contributed by atoms with Gasteiger partial charge >= 0.3 is 0 Å². The van der Waals surface area contributed by atoms with E-state index in [4.69, 9.17) is 0 Å². The van der Waals surface area contributed by atoms with Crippen LogP contribution in [-0.4, -0.2) is 20.7 Å². The zero-order valence-corrected chi connectivity index (χ0v) is 16.3. The third kappa shape index (κ3) is 3.98. The van der Waals surface area contributed by atoms with Crippen LogP contribution in [0.25, 0.3) is 0 Å². The van der Waals surface area contributed by atoms with Crippen molar-refractivity contribution in [2.24, 2.45) is 0 Å². The van der Waals surface area contributed by atoms with Crippen molar-refractivity contribution in [2.45, 2.75) is 52.0 Å². The van der Waals surface area contributed by atoms with Crippen molar-refractivity contribution in [1.29, 1.82) is 0 Å². The van der Waals surface area contributed by atoms with Crippen LogP contribution >= 0.6 is 0 Å². The molecular formula is C23H26N4O. The number of benzene rings is 1. The minimum absolute atomic E-state index is 0.0521. The highest BCUT2D eigenvalue weighted by Crippen LogP contribution is 2.25. The monoisotopic (exact) mass is 374 g/mol. The van der Waals surface area contributed by atoms with Crippen molar-refractivity contribution >= 4 is 11.6 Å². The second-order valence-corrected chi connectivity index (χ2v) is 7.31. The smallest absolute Gasteiger partial charge is 0.274 e. The Morgan fingerprint density at radius 3 is 2.68 bits per heavy atom. The van der Waals surface area contributed by atoms with Crippen LogP contribution in [0.4, 0.5) is 5.69 Å². The summed E-state index contributed by atoms with van der Waals surface area (Å²) in [7, 11) is 0. The number of nitrogens with one attached hydrogen (secondary N) is 1. The van der Waals surface area contributed by atoms with E-state index in [1.165, 1.54) is 11.1 Å². The lowest BCUT2D eigenvalue weighted by Gasteiger charge is -2.12. The van der Waals surface area contributed by atoms with Crippen molar-refractivity contribution in [3.63, 3.8) is 0 Å². The van der Waals surface area contributed by atoms with Crippen molar-refractivity contribution in [2.75, 3.05) is 5.32 Å². The number of nitrogens with zero attached hydrogens (tertiary/aromatic N) is 3. The van der Waals surface area contributed by atoms with Crippen LogP contribution in [-0.2, 0) is 32.2 Å². The van der Waals surface area contributed by atoms with Crippen LogP contribution in [0.1, 0.15) is 52.6 Å². The molecule has 1 amide bonds. The summed E-state index contributed by atoms with van der Waals surface area (Å²) in [4.78, 5) is 17.1. The quantitative estimate of drug-likeness (QED) is 0.703. The lowest BCUT2D eigenvalue weighted by molar-refractivity contribution is 0.101. The van der Waals surface area contributed by atoms with E-state index in [2.05, 4.69) is 27.5 Å². The van der Waals surface area contributed by atoms with Crippen molar-refractivity contribution in [3.8, 4) is 0 Å². The molecule has 0 saturated heterocycles. The second-order valence-electron chi connectivity index (χ2n) is 7.31. The summed E-state index contributed by atoms with van der Waals surface area (Å²) < 4.78 is 1.86. The first kappa shape index (κ1) is 18.4. The minimum Gasteiger partial charge on any atom is -0.321 e. The third-order valence-corrected chi connectivity index (χ3v) is 5.38. The number of aryl methyl sites for hydroxylation is 4. The van der Waals surface area contributed by atoms with Gasteiger partial charge in [0.1, 0.15) is 5.69 Å². The largest absolute Gasteiger partial charge is 0.321 e. The highest BCUT2D eigenvalue weighted by Gasteiger charge is 2.24.